The topological polar surface area (TPSA) is 105 Å². The normalized spacial score (nSPS) is 14.5. The number of alkyl halides is 3. The highest BCUT2D eigenvalue weighted by atomic mass is 79.9. The smallest absolute Gasteiger partial charge is 0.416 e. The molecule has 3 aromatic rings. The van der Waals surface area contributed by atoms with E-state index in [1.165, 1.54) is 43.5 Å². The second-order valence-corrected chi connectivity index (χ2v) is 9.98. The van der Waals surface area contributed by atoms with E-state index < -0.39 is 27.7 Å². The molecule has 1 amide bonds. The van der Waals surface area contributed by atoms with Gasteiger partial charge in [0.15, 0.2) is 0 Å². The summed E-state index contributed by atoms with van der Waals surface area (Å²) in [6, 6.07) is 10.5. The van der Waals surface area contributed by atoms with Crippen molar-refractivity contribution >= 4 is 54.9 Å². The van der Waals surface area contributed by atoms with Crippen LogP contribution in [0.3, 0.4) is 0 Å². The summed E-state index contributed by atoms with van der Waals surface area (Å²) in [5, 5.41) is 13.0. The van der Waals surface area contributed by atoms with Gasteiger partial charge in [-0.05, 0) is 76.6 Å². The Morgan fingerprint density at radius 3 is 2.40 bits per heavy atom. The molecular weight excluding hydrogens is 553 g/mol. The molecule has 0 bridgehead atoms. The molecule has 0 unspecified atom stereocenters. The molecule has 1 aliphatic heterocycles. The Hall–Kier alpha value is -3.51. The minimum Gasteiger partial charge on any atom is -0.506 e. The third-order valence-electron chi connectivity index (χ3n) is 5.15. The van der Waals surface area contributed by atoms with Crippen LogP contribution in [0.15, 0.2) is 64.0 Å². The van der Waals surface area contributed by atoms with Crippen molar-refractivity contribution in [3.63, 3.8) is 0 Å². The van der Waals surface area contributed by atoms with Crippen LogP contribution in [0, 0.1) is 0 Å². The lowest BCUT2D eigenvalue weighted by Gasteiger charge is -2.11. The molecule has 3 aromatic carbocycles. The van der Waals surface area contributed by atoms with Crippen LogP contribution in [0.2, 0.25) is 0 Å². The summed E-state index contributed by atoms with van der Waals surface area (Å²) >= 11 is 3.21. The van der Waals surface area contributed by atoms with Gasteiger partial charge in [0.05, 0.1) is 22.0 Å². The molecule has 0 saturated carbocycles. The van der Waals surface area contributed by atoms with Crippen LogP contribution in [0.1, 0.15) is 16.7 Å². The Morgan fingerprint density at radius 1 is 1.09 bits per heavy atom. The van der Waals surface area contributed by atoms with E-state index in [0.29, 0.717) is 15.9 Å². The van der Waals surface area contributed by atoms with Gasteiger partial charge in [-0.2, -0.15) is 13.2 Å². The highest BCUT2D eigenvalue weighted by Gasteiger charge is 2.30. The average Bonchev–Trinajstić information content (AvgIpc) is 3.10. The van der Waals surface area contributed by atoms with Crippen molar-refractivity contribution in [2.24, 2.45) is 0 Å². The van der Waals surface area contributed by atoms with Crippen LogP contribution < -0.4 is 14.8 Å². The van der Waals surface area contributed by atoms with E-state index in [1.807, 2.05) is 0 Å². The molecule has 0 fully saturated rings. The van der Waals surface area contributed by atoms with E-state index in [1.54, 1.807) is 0 Å². The molecule has 0 saturated heterocycles. The van der Waals surface area contributed by atoms with Gasteiger partial charge in [0.25, 0.3) is 15.9 Å². The first-order valence-electron chi connectivity index (χ1n) is 9.83. The van der Waals surface area contributed by atoms with E-state index in [0.717, 1.165) is 24.3 Å². The van der Waals surface area contributed by atoms with E-state index in [9.17, 15) is 31.5 Å². The Morgan fingerprint density at radius 2 is 1.77 bits per heavy atom. The average molecular weight is 569 g/mol. The SMILES string of the molecule is COc1cc(Br)c(O)c(C=C2C(=O)Nc3ccc(S(=O)(=O)Nc4ccc(C(F)(F)F)cc4)cc32)c1. The van der Waals surface area contributed by atoms with Crippen molar-refractivity contribution in [1.29, 1.82) is 0 Å². The van der Waals surface area contributed by atoms with E-state index >= 15 is 0 Å². The monoisotopic (exact) mass is 568 g/mol. The molecule has 4 rings (SSSR count). The van der Waals surface area contributed by atoms with Gasteiger partial charge < -0.3 is 15.2 Å². The summed E-state index contributed by atoms with van der Waals surface area (Å²) in [4.78, 5) is 12.4. The number of carbonyl (C=O) groups excluding carboxylic acids is 1. The number of fused-ring (bicyclic) bond motifs is 1. The first-order valence-corrected chi connectivity index (χ1v) is 12.1. The summed E-state index contributed by atoms with van der Waals surface area (Å²) < 4.78 is 71.8. The zero-order chi connectivity index (χ0) is 25.5. The Kier molecular flexibility index (Phi) is 6.28. The van der Waals surface area contributed by atoms with Crippen LogP contribution in [0.5, 0.6) is 11.5 Å². The lowest BCUT2D eigenvalue weighted by molar-refractivity contribution is -0.137. The zero-order valence-corrected chi connectivity index (χ0v) is 20.2. The van der Waals surface area contributed by atoms with Gasteiger partial charge in [0.1, 0.15) is 11.5 Å². The molecule has 0 radical (unpaired) electrons. The van der Waals surface area contributed by atoms with Crippen molar-refractivity contribution in [3.8, 4) is 11.5 Å². The second-order valence-electron chi connectivity index (χ2n) is 7.45. The fourth-order valence-corrected chi connectivity index (χ4v) is 4.94. The molecule has 182 valence electrons. The highest BCUT2D eigenvalue weighted by Crippen LogP contribution is 2.39. The van der Waals surface area contributed by atoms with Gasteiger partial charge in [-0.25, -0.2) is 8.42 Å². The fourth-order valence-electron chi connectivity index (χ4n) is 3.40. The van der Waals surface area contributed by atoms with Crippen molar-refractivity contribution < 1.29 is 36.2 Å². The predicted molar refractivity (Wildman–Crippen MR) is 128 cm³/mol. The van der Waals surface area contributed by atoms with Crippen LogP contribution in [-0.2, 0) is 21.0 Å². The minimum absolute atomic E-state index is 0.0605. The fraction of sp³-hybridized carbons (Fsp3) is 0.0870. The third-order valence-corrected chi connectivity index (χ3v) is 7.13. The highest BCUT2D eigenvalue weighted by molar-refractivity contribution is 9.10. The van der Waals surface area contributed by atoms with Gasteiger partial charge in [0, 0.05) is 28.1 Å². The maximum absolute atomic E-state index is 12.9. The lowest BCUT2D eigenvalue weighted by Crippen LogP contribution is -2.13. The number of hydrogen-bond acceptors (Lipinski definition) is 5. The summed E-state index contributed by atoms with van der Waals surface area (Å²) in [6.45, 7) is 0. The number of benzene rings is 3. The number of anilines is 2. The Balaban J connectivity index is 1.70. The number of phenolic OH excluding ortho intramolecular Hbond substituents is 1. The number of halogens is 4. The number of carbonyl (C=O) groups is 1. The molecule has 0 aliphatic carbocycles. The van der Waals surface area contributed by atoms with Crippen molar-refractivity contribution in [3.05, 3.63) is 75.8 Å². The molecule has 7 nitrogen and oxygen atoms in total. The summed E-state index contributed by atoms with van der Waals surface area (Å²) in [6.07, 6.45) is -3.16. The molecule has 0 atom stereocenters. The van der Waals surface area contributed by atoms with Gasteiger partial charge in [-0.15, -0.1) is 0 Å². The molecular formula is C23H16BrF3N2O5S. The summed E-state index contributed by atoms with van der Waals surface area (Å²) in [5.41, 5.74) is 0.00612. The Bertz CT molecular complexity index is 1470. The largest absolute Gasteiger partial charge is 0.506 e. The number of phenols is 1. The first kappa shape index (κ1) is 24.6. The maximum Gasteiger partial charge on any atom is 0.416 e. The standard InChI is InChI=1S/C23H16BrF3N2O5S/c1-34-15-8-12(21(30)19(24)10-15)9-18-17-11-16(6-7-20(17)28-22(18)31)35(32,33)29-14-4-2-13(3-5-14)23(25,26)27/h2-11,29-30H,1H3,(H,28,31). The molecule has 35 heavy (non-hydrogen) atoms. The van der Waals surface area contributed by atoms with E-state index in [-0.39, 0.29) is 33.0 Å². The molecule has 1 aliphatic rings. The van der Waals surface area contributed by atoms with Crippen LogP contribution in [0.25, 0.3) is 11.6 Å². The zero-order valence-electron chi connectivity index (χ0n) is 17.8. The van der Waals surface area contributed by atoms with E-state index in [4.69, 9.17) is 4.74 Å². The van der Waals surface area contributed by atoms with Crippen molar-refractivity contribution in [2.45, 2.75) is 11.1 Å². The summed E-state index contributed by atoms with van der Waals surface area (Å²) in [5.74, 6) is -0.242. The maximum atomic E-state index is 12.9. The Labute approximate surface area is 206 Å². The van der Waals surface area contributed by atoms with Crippen LogP contribution >= 0.6 is 15.9 Å². The van der Waals surface area contributed by atoms with Crippen LogP contribution in [-0.4, -0.2) is 26.5 Å². The number of amides is 1. The summed E-state index contributed by atoms with van der Waals surface area (Å²) in [7, 11) is -2.76. The molecule has 0 spiro atoms. The quantitative estimate of drug-likeness (QED) is 0.354. The van der Waals surface area contributed by atoms with Gasteiger partial charge in [-0.3, -0.25) is 9.52 Å². The number of hydrogen-bond donors (Lipinski definition) is 3. The number of methoxy groups -OCH3 is 1. The van der Waals surface area contributed by atoms with Gasteiger partial charge in [0.2, 0.25) is 0 Å². The molecule has 12 heteroatoms. The minimum atomic E-state index is -4.55. The van der Waals surface area contributed by atoms with E-state index in [2.05, 4.69) is 26.0 Å². The van der Waals surface area contributed by atoms with Crippen LogP contribution in [0.4, 0.5) is 24.5 Å². The first-order chi connectivity index (χ1) is 16.4. The second kappa shape index (κ2) is 8.93. The third kappa shape index (κ3) is 4.98. The predicted octanol–water partition coefficient (Wildman–Crippen LogP) is 5.48. The van der Waals surface area contributed by atoms with Gasteiger partial charge >= 0.3 is 6.18 Å². The molecule has 3 N–H and O–H groups in total. The number of aromatic hydroxyl groups is 1. The van der Waals surface area contributed by atoms with Crippen molar-refractivity contribution in [1.82, 2.24) is 0 Å². The molecule has 1 heterocycles. The van der Waals surface area contributed by atoms with Gasteiger partial charge in [-0.1, -0.05) is 0 Å². The number of ether oxygens (including phenoxy) is 1. The lowest BCUT2D eigenvalue weighted by atomic mass is 10.0. The number of nitrogens with one attached hydrogen (secondary N) is 2. The van der Waals surface area contributed by atoms with Crippen molar-refractivity contribution in [2.75, 3.05) is 17.1 Å². The number of sulfonamides is 1. The number of rotatable bonds is 5. The molecule has 0 aromatic heterocycles.